The number of aliphatic hydroxyl groups is 1. The van der Waals surface area contributed by atoms with Gasteiger partial charge in [-0.05, 0) is 23.9 Å². The molecule has 0 aliphatic carbocycles. The van der Waals surface area contributed by atoms with Crippen LogP contribution >= 0.6 is 35.3 Å². The van der Waals surface area contributed by atoms with Crippen LogP contribution in [0.5, 0.6) is 0 Å². The number of sulfonamides is 1. The number of guanidine groups is 1. The van der Waals surface area contributed by atoms with Gasteiger partial charge in [0.1, 0.15) is 4.21 Å². The third-order valence-electron chi connectivity index (χ3n) is 3.77. The van der Waals surface area contributed by atoms with Gasteiger partial charge in [0.15, 0.2) is 5.96 Å². The van der Waals surface area contributed by atoms with Crippen LogP contribution < -0.4 is 15.4 Å². The number of nitrogens with one attached hydrogen (secondary N) is 3. The maximum absolute atomic E-state index is 12.1. The highest BCUT2D eigenvalue weighted by Crippen LogP contribution is 2.15. The number of aliphatic imine (C=N–C) groups is 1. The fourth-order valence-electron chi connectivity index (χ4n) is 2.39. The lowest BCUT2D eigenvalue weighted by atomic mass is 10.0. The summed E-state index contributed by atoms with van der Waals surface area (Å²) in [6.45, 7) is 3.71. The normalized spacial score (nSPS) is 12.9. The van der Waals surface area contributed by atoms with Crippen LogP contribution in [0.3, 0.4) is 0 Å². The fourth-order valence-corrected chi connectivity index (χ4v) is 4.46. The molecule has 1 aromatic carbocycles. The Morgan fingerprint density at radius 1 is 1.14 bits per heavy atom. The summed E-state index contributed by atoms with van der Waals surface area (Å²) in [6, 6.07) is 13.0. The maximum atomic E-state index is 12.1. The minimum Gasteiger partial charge on any atom is -0.396 e. The first-order chi connectivity index (χ1) is 13.1. The molecule has 0 aliphatic rings. The molecule has 0 amide bonds. The Bertz CT molecular complexity index is 800. The smallest absolute Gasteiger partial charge is 0.250 e. The van der Waals surface area contributed by atoms with Crippen LogP contribution in [0.25, 0.3) is 0 Å². The van der Waals surface area contributed by atoms with Crippen LogP contribution in [0.4, 0.5) is 0 Å². The first-order valence-corrected chi connectivity index (χ1v) is 11.1. The monoisotopic (exact) mass is 538 g/mol. The van der Waals surface area contributed by atoms with Crippen molar-refractivity contribution < 1.29 is 13.5 Å². The summed E-state index contributed by atoms with van der Waals surface area (Å²) in [5.74, 6) is 0.501. The highest BCUT2D eigenvalue weighted by atomic mass is 127. The molecule has 28 heavy (non-hydrogen) atoms. The Balaban J connectivity index is 0.00000392. The fraction of sp³-hybridized carbons (Fsp3) is 0.389. The number of hydrogen-bond acceptors (Lipinski definition) is 5. The van der Waals surface area contributed by atoms with Gasteiger partial charge in [0.05, 0.1) is 13.2 Å². The SMILES string of the molecule is CCNC(=NCC(CO)c1ccccc1)NCCNS(=O)(=O)c1cccs1.I. The van der Waals surface area contributed by atoms with E-state index in [0.717, 1.165) is 5.56 Å². The summed E-state index contributed by atoms with van der Waals surface area (Å²) < 4.78 is 27.0. The quantitative estimate of drug-likeness (QED) is 0.160. The van der Waals surface area contributed by atoms with Crippen molar-refractivity contribution in [1.82, 2.24) is 15.4 Å². The second-order valence-corrected chi connectivity index (χ2v) is 8.71. The summed E-state index contributed by atoms with van der Waals surface area (Å²) >= 11 is 1.18. The molecule has 0 aliphatic heterocycles. The molecule has 0 spiro atoms. The average Bonchev–Trinajstić information content (AvgIpc) is 3.22. The van der Waals surface area contributed by atoms with E-state index in [2.05, 4.69) is 20.3 Å². The minimum atomic E-state index is -3.46. The zero-order valence-electron chi connectivity index (χ0n) is 15.7. The zero-order valence-corrected chi connectivity index (χ0v) is 19.6. The van der Waals surface area contributed by atoms with Gasteiger partial charge in [-0.1, -0.05) is 36.4 Å². The topological polar surface area (TPSA) is 103 Å². The van der Waals surface area contributed by atoms with Crippen LogP contribution in [0.2, 0.25) is 0 Å². The maximum Gasteiger partial charge on any atom is 0.250 e. The van der Waals surface area contributed by atoms with Gasteiger partial charge in [-0.15, -0.1) is 35.3 Å². The van der Waals surface area contributed by atoms with E-state index in [-0.39, 0.29) is 43.0 Å². The zero-order chi connectivity index (χ0) is 19.5. The summed E-state index contributed by atoms with van der Waals surface area (Å²) in [6.07, 6.45) is 0. The predicted octanol–water partition coefficient (Wildman–Crippen LogP) is 1.98. The van der Waals surface area contributed by atoms with Crippen molar-refractivity contribution in [2.75, 3.05) is 32.8 Å². The number of rotatable bonds is 10. The first kappa shape index (κ1) is 24.8. The molecule has 2 rings (SSSR count). The number of hydrogen-bond donors (Lipinski definition) is 4. The molecule has 0 radical (unpaired) electrons. The van der Waals surface area contributed by atoms with Gasteiger partial charge in [0.2, 0.25) is 10.0 Å². The molecule has 0 bridgehead atoms. The van der Waals surface area contributed by atoms with Crippen LogP contribution in [0.1, 0.15) is 18.4 Å². The molecule has 0 saturated heterocycles. The molecule has 4 N–H and O–H groups in total. The van der Waals surface area contributed by atoms with Gasteiger partial charge in [0, 0.05) is 25.6 Å². The van der Waals surface area contributed by atoms with E-state index in [1.807, 2.05) is 37.3 Å². The lowest BCUT2D eigenvalue weighted by molar-refractivity contribution is 0.268. The van der Waals surface area contributed by atoms with Gasteiger partial charge in [-0.25, -0.2) is 13.1 Å². The largest absolute Gasteiger partial charge is 0.396 e. The highest BCUT2D eigenvalue weighted by Gasteiger charge is 2.14. The Hall–Kier alpha value is -1.21. The average molecular weight is 538 g/mol. The first-order valence-electron chi connectivity index (χ1n) is 8.78. The number of halogens is 1. The predicted molar refractivity (Wildman–Crippen MR) is 125 cm³/mol. The lowest BCUT2D eigenvalue weighted by Gasteiger charge is -2.15. The molecule has 1 heterocycles. The molecular formula is C18H27IN4O3S2. The second-order valence-electron chi connectivity index (χ2n) is 5.77. The van der Waals surface area contributed by atoms with E-state index >= 15 is 0 Å². The Morgan fingerprint density at radius 2 is 1.89 bits per heavy atom. The van der Waals surface area contributed by atoms with Gasteiger partial charge in [0.25, 0.3) is 0 Å². The Morgan fingerprint density at radius 3 is 2.50 bits per heavy atom. The number of thiophene rings is 1. The third-order valence-corrected chi connectivity index (χ3v) is 6.63. The summed E-state index contributed by atoms with van der Waals surface area (Å²) in [4.78, 5) is 4.50. The molecule has 156 valence electrons. The van der Waals surface area contributed by atoms with E-state index in [1.54, 1.807) is 17.5 Å². The van der Waals surface area contributed by atoms with Crippen molar-refractivity contribution in [3.05, 3.63) is 53.4 Å². The summed E-state index contributed by atoms with van der Waals surface area (Å²) in [5, 5.41) is 17.6. The van der Waals surface area contributed by atoms with Crippen molar-refractivity contribution in [1.29, 1.82) is 0 Å². The van der Waals surface area contributed by atoms with Crippen molar-refractivity contribution in [2.45, 2.75) is 17.1 Å². The molecule has 1 unspecified atom stereocenters. The second kappa shape index (κ2) is 13.1. The van der Waals surface area contributed by atoms with Gasteiger partial charge in [-0.2, -0.15) is 0 Å². The molecule has 10 heteroatoms. The van der Waals surface area contributed by atoms with E-state index < -0.39 is 10.0 Å². The molecule has 0 fully saturated rings. The number of nitrogens with zero attached hydrogens (tertiary/aromatic N) is 1. The standard InChI is InChI=1S/C18H26N4O3S2.HI/c1-2-19-18(21-13-16(14-23)15-7-4-3-5-8-15)20-10-11-22-27(24,25)17-9-6-12-26-17;/h3-9,12,16,22-23H,2,10-11,13-14H2,1H3,(H2,19,20,21);1H. The van der Waals surface area contributed by atoms with Gasteiger partial charge in [-0.3, -0.25) is 4.99 Å². The van der Waals surface area contributed by atoms with E-state index in [1.165, 1.54) is 11.3 Å². The van der Waals surface area contributed by atoms with E-state index in [0.29, 0.717) is 29.8 Å². The van der Waals surface area contributed by atoms with Crippen LogP contribution in [-0.2, 0) is 10.0 Å². The number of aliphatic hydroxyl groups excluding tert-OH is 1. The van der Waals surface area contributed by atoms with E-state index in [9.17, 15) is 13.5 Å². The van der Waals surface area contributed by atoms with Crippen LogP contribution in [0, 0.1) is 0 Å². The molecular weight excluding hydrogens is 511 g/mol. The minimum absolute atomic E-state index is 0. The molecule has 7 nitrogen and oxygen atoms in total. The Kier molecular flexibility index (Phi) is 11.6. The number of benzene rings is 1. The Labute approximate surface area is 187 Å². The third kappa shape index (κ3) is 8.03. The highest BCUT2D eigenvalue weighted by molar-refractivity contribution is 14.0. The van der Waals surface area contributed by atoms with Crippen molar-refractivity contribution in [2.24, 2.45) is 4.99 Å². The molecule has 1 atom stereocenters. The van der Waals surface area contributed by atoms with E-state index in [4.69, 9.17) is 0 Å². The molecule has 2 aromatic rings. The van der Waals surface area contributed by atoms with Crippen molar-refractivity contribution >= 4 is 51.3 Å². The molecule has 0 saturated carbocycles. The van der Waals surface area contributed by atoms with Crippen molar-refractivity contribution in [3.63, 3.8) is 0 Å². The van der Waals surface area contributed by atoms with Gasteiger partial charge < -0.3 is 15.7 Å². The van der Waals surface area contributed by atoms with Crippen LogP contribution in [0.15, 0.2) is 57.0 Å². The summed E-state index contributed by atoms with van der Waals surface area (Å²) in [7, 11) is -3.46. The molecule has 1 aromatic heterocycles. The van der Waals surface area contributed by atoms with Crippen LogP contribution in [-0.4, -0.2) is 52.3 Å². The lowest BCUT2D eigenvalue weighted by Crippen LogP contribution is -2.41. The van der Waals surface area contributed by atoms with Crippen molar-refractivity contribution in [3.8, 4) is 0 Å². The summed E-state index contributed by atoms with van der Waals surface area (Å²) in [5.41, 5.74) is 1.03. The van der Waals surface area contributed by atoms with Gasteiger partial charge >= 0.3 is 0 Å².